The lowest BCUT2D eigenvalue weighted by atomic mass is 10.0. The molecule has 1 atom stereocenters. The molecule has 2 rings (SSSR count). The van der Waals surface area contributed by atoms with Crippen LogP contribution in [0.15, 0.2) is 36.4 Å². The van der Waals surface area contributed by atoms with Crippen molar-refractivity contribution in [1.29, 1.82) is 0 Å². The van der Waals surface area contributed by atoms with Crippen LogP contribution in [0.2, 0.25) is 0 Å². The number of H-pyrrole nitrogens is 1. The zero-order valence-corrected chi connectivity index (χ0v) is 9.55. The van der Waals surface area contributed by atoms with Gasteiger partial charge in [-0.05, 0) is 12.5 Å². The van der Waals surface area contributed by atoms with E-state index in [2.05, 4.69) is 10.2 Å². The van der Waals surface area contributed by atoms with Crippen molar-refractivity contribution < 1.29 is 9.90 Å². The number of hydrogen-bond acceptors (Lipinski definition) is 2. The molecule has 0 amide bonds. The average molecular weight is 230 g/mol. The number of nitrogens with one attached hydrogen (secondary N) is 1. The lowest BCUT2D eigenvalue weighted by Crippen LogP contribution is -2.10. The second-order valence-electron chi connectivity index (χ2n) is 3.87. The van der Waals surface area contributed by atoms with Gasteiger partial charge in [0, 0.05) is 5.56 Å². The fourth-order valence-electron chi connectivity index (χ4n) is 1.80. The number of aliphatic carboxylic acids is 1. The maximum atomic E-state index is 11.0. The number of benzene rings is 1. The Morgan fingerprint density at radius 2 is 2.12 bits per heavy atom. The minimum Gasteiger partial charge on any atom is -0.481 e. The molecule has 0 aliphatic heterocycles. The van der Waals surface area contributed by atoms with E-state index in [9.17, 15) is 4.79 Å². The maximum Gasteiger partial charge on any atom is 0.312 e. The Morgan fingerprint density at radius 3 is 2.71 bits per heavy atom. The van der Waals surface area contributed by atoms with Gasteiger partial charge in [0.2, 0.25) is 0 Å². The largest absolute Gasteiger partial charge is 0.481 e. The third kappa shape index (κ3) is 2.36. The number of aromatic amines is 1. The molecule has 2 N–H and O–H groups in total. The summed E-state index contributed by atoms with van der Waals surface area (Å²) < 4.78 is 0. The molecule has 0 aliphatic rings. The van der Waals surface area contributed by atoms with Crippen molar-refractivity contribution in [1.82, 2.24) is 10.2 Å². The van der Waals surface area contributed by atoms with Gasteiger partial charge < -0.3 is 5.11 Å². The summed E-state index contributed by atoms with van der Waals surface area (Å²) in [7, 11) is 0. The van der Waals surface area contributed by atoms with E-state index >= 15 is 0 Å². The number of nitrogens with zero attached hydrogens (tertiary/aromatic N) is 1. The second-order valence-corrected chi connectivity index (χ2v) is 3.87. The molecule has 88 valence electrons. The highest BCUT2D eigenvalue weighted by atomic mass is 16.4. The van der Waals surface area contributed by atoms with Gasteiger partial charge >= 0.3 is 5.97 Å². The van der Waals surface area contributed by atoms with Gasteiger partial charge in [-0.3, -0.25) is 9.89 Å². The van der Waals surface area contributed by atoms with Gasteiger partial charge in [-0.15, -0.1) is 0 Å². The second kappa shape index (κ2) is 4.82. The minimum absolute atomic E-state index is 0.514. The third-order valence-corrected chi connectivity index (χ3v) is 2.75. The Hall–Kier alpha value is -2.10. The van der Waals surface area contributed by atoms with Crippen LogP contribution in [0.4, 0.5) is 0 Å². The van der Waals surface area contributed by atoms with Crippen LogP contribution >= 0.6 is 0 Å². The molecule has 0 bridgehead atoms. The highest BCUT2D eigenvalue weighted by Crippen LogP contribution is 2.23. The van der Waals surface area contributed by atoms with Crippen LogP contribution in [0.1, 0.15) is 25.0 Å². The van der Waals surface area contributed by atoms with Crippen molar-refractivity contribution in [3.63, 3.8) is 0 Å². The summed E-state index contributed by atoms with van der Waals surface area (Å²) in [5.41, 5.74) is 2.41. The molecule has 4 heteroatoms. The van der Waals surface area contributed by atoms with Crippen molar-refractivity contribution in [3.05, 3.63) is 42.1 Å². The number of hydrogen-bond donors (Lipinski definition) is 2. The molecule has 1 heterocycles. The Balaban J connectivity index is 2.30. The molecule has 0 saturated carbocycles. The van der Waals surface area contributed by atoms with Gasteiger partial charge in [0.15, 0.2) is 0 Å². The number of aromatic nitrogens is 2. The van der Waals surface area contributed by atoms with Crippen molar-refractivity contribution in [2.45, 2.75) is 19.3 Å². The van der Waals surface area contributed by atoms with Crippen molar-refractivity contribution in [2.75, 3.05) is 0 Å². The Morgan fingerprint density at radius 1 is 1.41 bits per heavy atom. The molecule has 1 aromatic heterocycles. The topological polar surface area (TPSA) is 66.0 Å². The highest BCUT2D eigenvalue weighted by molar-refractivity contribution is 5.76. The van der Waals surface area contributed by atoms with Crippen LogP contribution in [-0.4, -0.2) is 21.3 Å². The molecule has 1 unspecified atom stereocenters. The Kier molecular flexibility index (Phi) is 3.23. The van der Waals surface area contributed by atoms with Crippen LogP contribution in [0, 0.1) is 0 Å². The molecular formula is C13H14N2O2. The van der Waals surface area contributed by atoms with Gasteiger partial charge in [-0.2, -0.15) is 5.10 Å². The van der Waals surface area contributed by atoms with Crippen molar-refractivity contribution in [3.8, 4) is 11.3 Å². The van der Waals surface area contributed by atoms with E-state index in [4.69, 9.17) is 5.11 Å². The summed E-state index contributed by atoms with van der Waals surface area (Å²) in [6.07, 6.45) is 0.547. The monoisotopic (exact) mass is 230 g/mol. The Labute approximate surface area is 99.3 Å². The summed E-state index contributed by atoms with van der Waals surface area (Å²) in [5, 5.41) is 16.0. The molecule has 2 aromatic rings. The van der Waals surface area contributed by atoms with Crippen LogP contribution < -0.4 is 0 Å². The molecule has 0 spiro atoms. The van der Waals surface area contributed by atoms with Gasteiger partial charge in [-0.25, -0.2) is 0 Å². The zero-order chi connectivity index (χ0) is 12.3. The number of rotatable bonds is 4. The fourth-order valence-corrected chi connectivity index (χ4v) is 1.80. The van der Waals surface area contributed by atoms with Gasteiger partial charge in [0.1, 0.15) is 0 Å². The van der Waals surface area contributed by atoms with Crippen LogP contribution in [-0.2, 0) is 4.79 Å². The molecular weight excluding hydrogens is 216 g/mol. The number of carboxylic acid groups (broad SMARTS) is 1. The molecule has 4 nitrogen and oxygen atoms in total. The SMILES string of the molecule is CCC(C(=O)O)c1cc(-c2ccccc2)n[nH]1. The standard InChI is InChI=1S/C13H14N2O2/c1-2-10(13(16)17)12-8-11(14-15-12)9-6-4-3-5-7-9/h3-8,10H,2H2,1H3,(H,14,15)(H,16,17). The lowest BCUT2D eigenvalue weighted by Gasteiger charge is -2.05. The normalized spacial score (nSPS) is 12.3. The molecule has 0 fully saturated rings. The minimum atomic E-state index is -0.823. The van der Waals surface area contributed by atoms with Crippen LogP contribution in [0.5, 0.6) is 0 Å². The first kappa shape index (κ1) is 11.4. The first-order chi connectivity index (χ1) is 8.22. The molecule has 0 aliphatic carbocycles. The van der Waals surface area contributed by atoms with E-state index < -0.39 is 11.9 Å². The summed E-state index contributed by atoms with van der Waals surface area (Å²) in [4.78, 5) is 11.0. The first-order valence-corrected chi connectivity index (χ1v) is 5.56. The van der Waals surface area contributed by atoms with E-state index in [0.29, 0.717) is 12.1 Å². The number of carboxylic acids is 1. The van der Waals surface area contributed by atoms with Crippen LogP contribution in [0.25, 0.3) is 11.3 Å². The number of carbonyl (C=O) groups is 1. The third-order valence-electron chi connectivity index (χ3n) is 2.75. The zero-order valence-electron chi connectivity index (χ0n) is 9.55. The average Bonchev–Trinajstić information content (AvgIpc) is 2.80. The van der Waals surface area contributed by atoms with E-state index in [1.165, 1.54) is 0 Å². The van der Waals surface area contributed by atoms with E-state index in [1.807, 2.05) is 37.3 Å². The Bertz CT molecular complexity index is 505. The summed E-state index contributed by atoms with van der Waals surface area (Å²) >= 11 is 0. The molecule has 1 aromatic carbocycles. The van der Waals surface area contributed by atoms with E-state index in [0.717, 1.165) is 11.3 Å². The van der Waals surface area contributed by atoms with Crippen LogP contribution in [0.3, 0.4) is 0 Å². The molecule has 17 heavy (non-hydrogen) atoms. The molecule has 0 saturated heterocycles. The molecule has 0 radical (unpaired) electrons. The van der Waals surface area contributed by atoms with Crippen molar-refractivity contribution in [2.24, 2.45) is 0 Å². The predicted molar refractivity (Wildman–Crippen MR) is 64.7 cm³/mol. The smallest absolute Gasteiger partial charge is 0.312 e. The summed E-state index contributed by atoms with van der Waals surface area (Å²) in [6, 6.07) is 11.5. The highest BCUT2D eigenvalue weighted by Gasteiger charge is 2.20. The maximum absolute atomic E-state index is 11.0. The van der Waals surface area contributed by atoms with Crippen molar-refractivity contribution >= 4 is 5.97 Å². The van der Waals surface area contributed by atoms with Gasteiger partial charge in [0.25, 0.3) is 0 Å². The predicted octanol–water partition coefficient (Wildman–Crippen LogP) is 2.65. The van der Waals surface area contributed by atoms with E-state index in [1.54, 1.807) is 6.07 Å². The van der Waals surface area contributed by atoms with Gasteiger partial charge in [0.05, 0.1) is 17.3 Å². The quantitative estimate of drug-likeness (QED) is 0.848. The fraction of sp³-hybridized carbons (Fsp3) is 0.231. The van der Waals surface area contributed by atoms with Gasteiger partial charge in [-0.1, -0.05) is 37.3 Å². The summed E-state index contributed by atoms with van der Waals surface area (Å²) in [6.45, 7) is 1.85. The van der Waals surface area contributed by atoms with E-state index in [-0.39, 0.29) is 0 Å². The lowest BCUT2D eigenvalue weighted by molar-refractivity contribution is -0.138. The first-order valence-electron chi connectivity index (χ1n) is 5.56. The summed E-state index contributed by atoms with van der Waals surface area (Å²) in [5.74, 6) is -1.34.